The van der Waals surface area contributed by atoms with Crippen LogP contribution >= 0.6 is 0 Å². The summed E-state index contributed by atoms with van der Waals surface area (Å²) in [5.41, 5.74) is 4.23. The van der Waals surface area contributed by atoms with E-state index in [9.17, 15) is 9.59 Å². The molecule has 0 aliphatic heterocycles. The lowest BCUT2D eigenvalue weighted by Crippen LogP contribution is -2.26. The van der Waals surface area contributed by atoms with Crippen molar-refractivity contribution in [2.75, 3.05) is 0 Å². The van der Waals surface area contributed by atoms with Crippen LogP contribution < -0.4 is 10.7 Å². The van der Waals surface area contributed by atoms with Crippen molar-refractivity contribution < 1.29 is 9.59 Å². The van der Waals surface area contributed by atoms with E-state index in [0.29, 0.717) is 17.8 Å². The molecule has 0 fully saturated rings. The highest BCUT2D eigenvalue weighted by atomic mass is 16.2. The van der Waals surface area contributed by atoms with Crippen molar-refractivity contribution in [2.45, 2.75) is 19.9 Å². The van der Waals surface area contributed by atoms with Gasteiger partial charge in [-0.1, -0.05) is 6.07 Å². The minimum absolute atomic E-state index is 0.105. The van der Waals surface area contributed by atoms with Crippen LogP contribution in [0.3, 0.4) is 0 Å². The van der Waals surface area contributed by atoms with Crippen LogP contribution in [0.15, 0.2) is 54.2 Å². The summed E-state index contributed by atoms with van der Waals surface area (Å²) in [6, 6.07) is 6.98. The molecule has 0 aliphatic carbocycles. The second-order valence-electron chi connectivity index (χ2n) is 4.84. The van der Waals surface area contributed by atoms with Gasteiger partial charge >= 0.3 is 0 Å². The van der Waals surface area contributed by atoms with Crippen molar-refractivity contribution in [1.82, 2.24) is 20.7 Å². The maximum atomic E-state index is 11.8. The molecule has 0 aromatic carbocycles. The molecular weight excluding hydrogens is 294 g/mol. The topological polar surface area (TPSA) is 96.3 Å². The fourth-order valence-electron chi connectivity index (χ4n) is 1.75. The van der Waals surface area contributed by atoms with E-state index in [-0.39, 0.29) is 18.2 Å². The van der Waals surface area contributed by atoms with Gasteiger partial charge in [0.05, 0.1) is 12.0 Å². The Hall–Kier alpha value is -3.09. The summed E-state index contributed by atoms with van der Waals surface area (Å²) >= 11 is 0. The van der Waals surface area contributed by atoms with Crippen molar-refractivity contribution >= 4 is 17.5 Å². The molecule has 0 saturated heterocycles. The third-order valence-corrected chi connectivity index (χ3v) is 2.90. The van der Waals surface area contributed by atoms with Crippen molar-refractivity contribution in [3.8, 4) is 0 Å². The van der Waals surface area contributed by atoms with Crippen LogP contribution in [0.2, 0.25) is 0 Å². The zero-order valence-corrected chi connectivity index (χ0v) is 12.7. The van der Waals surface area contributed by atoms with E-state index in [1.807, 2.05) is 12.1 Å². The van der Waals surface area contributed by atoms with Gasteiger partial charge in [-0.3, -0.25) is 19.6 Å². The molecule has 0 unspecified atom stereocenters. The average Bonchev–Trinajstić information content (AvgIpc) is 2.59. The van der Waals surface area contributed by atoms with Crippen molar-refractivity contribution in [3.63, 3.8) is 0 Å². The second-order valence-corrected chi connectivity index (χ2v) is 4.84. The number of pyridine rings is 2. The number of carbonyl (C=O) groups excluding carboxylic acids is 2. The number of amides is 2. The summed E-state index contributed by atoms with van der Waals surface area (Å²) in [4.78, 5) is 31.4. The van der Waals surface area contributed by atoms with E-state index < -0.39 is 0 Å². The largest absolute Gasteiger partial charge is 0.352 e. The normalized spacial score (nSPS) is 10.9. The molecule has 2 N–H and O–H groups in total. The number of rotatable bonds is 6. The van der Waals surface area contributed by atoms with Crippen LogP contribution in [-0.2, 0) is 11.3 Å². The first kappa shape index (κ1) is 16.3. The van der Waals surface area contributed by atoms with E-state index in [0.717, 1.165) is 5.56 Å². The Morgan fingerprint density at radius 1 is 1.13 bits per heavy atom. The lowest BCUT2D eigenvalue weighted by molar-refractivity contribution is -0.120. The first-order valence-corrected chi connectivity index (χ1v) is 7.04. The summed E-state index contributed by atoms with van der Waals surface area (Å²) in [5, 5.41) is 6.68. The molecule has 0 radical (unpaired) electrons. The molecule has 7 heteroatoms. The Kier molecular flexibility index (Phi) is 5.93. The minimum atomic E-state index is -0.367. The number of hydrogen-bond acceptors (Lipinski definition) is 5. The smallest absolute Gasteiger partial charge is 0.272 e. The van der Waals surface area contributed by atoms with Crippen LogP contribution in [0, 0.1) is 0 Å². The number of carbonyl (C=O) groups is 2. The molecule has 2 heterocycles. The van der Waals surface area contributed by atoms with Gasteiger partial charge in [-0.15, -0.1) is 0 Å². The first-order valence-electron chi connectivity index (χ1n) is 7.04. The third kappa shape index (κ3) is 5.66. The molecule has 7 nitrogen and oxygen atoms in total. The predicted octanol–water partition coefficient (Wildman–Crippen LogP) is 1.29. The Morgan fingerprint density at radius 3 is 2.52 bits per heavy atom. The molecule has 2 aromatic heterocycles. The molecule has 0 saturated carbocycles. The summed E-state index contributed by atoms with van der Waals surface area (Å²) in [5.74, 6) is -0.543. The third-order valence-electron chi connectivity index (χ3n) is 2.90. The van der Waals surface area contributed by atoms with Gasteiger partial charge in [0.15, 0.2) is 0 Å². The molecule has 0 spiro atoms. The first-order chi connectivity index (χ1) is 11.1. The lowest BCUT2D eigenvalue weighted by atomic mass is 10.2. The summed E-state index contributed by atoms with van der Waals surface area (Å²) in [6.45, 7) is 2.08. The summed E-state index contributed by atoms with van der Waals surface area (Å²) in [6.07, 6.45) is 6.49. The van der Waals surface area contributed by atoms with E-state index >= 15 is 0 Å². The van der Waals surface area contributed by atoms with Gasteiger partial charge in [-0.2, -0.15) is 5.10 Å². The standard InChI is InChI=1S/C16H17N5O2/c1-12(20-21-16(23)14-5-3-7-18-11-14)8-15(22)19-10-13-4-2-6-17-9-13/h2-7,9,11H,8,10H2,1H3,(H,19,22)(H,21,23)/b20-12-. The SMILES string of the molecule is C/C(CC(=O)NCc1cccnc1)=N/NC(=O)c1cccnc1. The molecule has 0 atom stereocenters. The van der Waals surface area contributed by atoms with Crippen molar-refractivity contribution in [3.05, 3.63) is 60.2 Å². The van der Waals surface area contributed by atoms with Crippen LogP contribution in [0.4, 0.5) is 0 Å². The number of hydrogen-bond donors (Lipinski definition) is 2. The van der Waals surface area contributed by atoms with Gasteiger partial charge in [-0.05, 0) is 30.7 Å². The monoisotopic (exact) mass is 311 g/mol. The van der Waals surface area contributed by atoms with E-state index in [1.165, 1.54) is 6.20 Å². The van der Waals surface area contributed by atoms with Crippen LogP contribution in [0.25, 0.3) is 0 Å². The molecule has 23 heavy (non-hydrogen) atoms. The van der Waals surface area contributed by atoms with E-state index in [4.69, 9.17) is 0 Å². The average molecular weight is 311 g/mol. The van der Waals surface area contributed by atoms with Crippen molar-refractivity contribution in [2.24, 2.45) is 5.10 Å². The second kappa shape index (κ2) is 8.38. The summed E-state index contributed by atoms with van der Waals surface area (Å²) < 4.78 is 0. The molecule has 0 bridgehead atoms. The van der Waals surface area contributed by atoms with Gasteiger partial charge in [0.2, 0.25) is 5.91 Å². The van der Waals surface area contributed by atoms with Crippen molar-refractivity contribution in [1.29, 1.82) is 0 Å². The van der Waals surface area contributed by atoms with Crippen LogP contribution in [0.1, 0.15) is 29.3 Å². The highest BCUT2D eigenvalue weighted by molar-refractivity contribution is 6.01. The molecule has 0 aliphatic rings. The van der Waals surface area contributed by atoms with E-state index in [2.05, 4.69) is 25.8 Å². The number of aromatic nitrogens is 2. The molecular formula is C16H17N5O2. The fraction of sp³-hybridized carbons (Fsp3) is 0.188. The number of nitrogens with zero attached hydrogens (tertiary/aromatic N) is 3. The molecule has 2 amide bonds. The molecule has 2 rings (SSSR count). The highest BCUT2D eigenvalue weighted by Gasteiger charge is 2.06. The van der Waals surface area contributed by atoms with Gasteiger partial charge in [-0.25, -0.2) is 5.43 Å². The minimum Gasteiger partial charge on any atom is -0.352 e. The summed E-state index contributed by atoms with van der Waals surface area (Å²) in [7, 11) is 0. The lowest BCUT2D eigenvalue weighted by Gasteiger charge is -2.05. The Balaban J connectivity index is 1.78. The zero-order chi connectivity index (χ0) is 16.5. The predicted molar refractivity (Wildman–Crippen MR) is 85.5 cm³/mol. The van der Waals surface area contributed by atoms with Gasteiger partial charge in [0.1, 0.15) is 0 Å². The van der Waals surface area contributed by atoms with Crippen LogP contribution in [0.5, 0.6) is 0 Å². The van der Waals surface area contributed by atoms with Gasteiger partial charge in [0, 0.05) is 37.0 Å². The Labute approximate surface area is 133 Å². The van der Waals surface area contributed by atoms with E-state index in [1.54, 1.807) is 37.6 Å². The number of nitrogens with one attached hydrogen (secondary N) is 2. The molecule has 118 valence electrons. The molecule has 2 aromatic rings. The van der Waals surface area contributed by atoms with Gasteiger partial charge < -0.3 is 5.32 Å². The highest BCUT2D eigenvalue weighted by Crippen LogP contribution is 1.97. The quantitative estimate of drug-likeness (QED) is 0.620. The maximum absolute atomic E-state index is 11.8. The van der Waals surface area contributed by atoms with Gasteiger partial charge in [0.25, 0.3) is 5.91 Å². The fourth-order valence-corrected chi connectivity index (χ4v) is 1.75. The Bertz CT molecular complexity index is 686. The number of hydrazone groups is 1. The zero-order valence-electron chi connectivity index (χ0n) is 12.7. The van der Waals surface area contributed by atoms with Crippen LogP contribution in [-0.4, -0.2) is 27.5 Å². The maximum Gasteiger partial charge on any atom is 0.272 e. The Morgan fingerprint density at radius 2 is 1.87 bits per heavy atom.